The van der Waals surface area contributed by atoms with Gasteiger partial charge in [-0.1, -0.05) is 0 Å². The maximum absolute atomic E-state index is 12.0. The van der Waals surface area contributed by atoms with Crippen LogP contribution in [0.1, 0.15) is 17.5 Å². The average molecular weight is 375 g/mol. The molecule has 2 heterocycles. The molecule has 1 aliphatic heterocycles. The Kier molecular flexibility index (Phi) is 6.47. The zero-order chi connectivity index (χ0) is 19.2. The normalized spacial score (nSPS) is 15.0. The number of rotatable bonds is 7. The van der Waals surface area contributed by atoms with Crippen LogP contribution in [0, 0.1) is 13.8 Å². The van der Waals surface area contributed by atoms with Crippen molar-refractivity contribution in [3.05, 3.63) is 39.7 Å². The second-order valence-corrected chi connectivity index (χ2v) is 6.92. The zero-order valence-electron chi connectivity index (χ0n) is 15.9. The molecular weight excluding hydrogens is 348 g/mol. The van der Waals surface area contributed by atoms with Crippen molar-refractivity contribution >= 4 is 16.9 Å². The van der Waals surface area contributed by atoms with Crippen molar-refractivity contribution in [3.8, 4) is 5.75 Å². The zero-order valence-corrected chi connectivity index (χ0v) is 15.9. The van der Waals surface area contributed by atoms with Gasteiger partial charge in [-0.25, -0.2) is 4.79 Å². The minimum atomic E-state index is -0.389. The second-order valence-electron chi connectivity index (χ2n) is 6.92. The maximum Gasteiger partial charge on any atom is 0.336 e. The molecule has 27 heavy (non-hydrogen) atoms. The molecular formula is C20H27N2O5+. The number of quaternary nitrogens is 1. The number of hydrogen-bond donors (Lipinski definition) is 2. The highest BCUT2D eigenvalue weighted by molar-refractivity contribution is 5.85. The van der Waals surface area contributed by atoms with Crippen molar-refractivity contribution in [2.24, 2.45) is 0 Å². The van der Waals surface area contributed by atoms with E-state index in [1.807, 2.05) is 19.9 Å². The number of carbonyl (C=O) groups is 1. The Morgan fingerprint density at radius 2 is 2.04 bits per heavy atom. The lowest BCUT2D eigenvalue weighted by atomic mass is 10.1. The van der Waals surface area contributed by atoms with Crippen LogP contribution in [-0.2, 0) is 9.53 Å². The number of amides is 1. The summed E-state index contributed by atoms with van der Waals surface area (Å²) in [6.07, 6.45) is 0.931. The Hall–Kier alpha value is -2.38. The van der Waals surface area contributed by atoms with Crippen LogP contribution in [0.25, 0.3) is 11.0 Å². The van der Waals surface area contributed by atoms with Gasteiger partial charge in [0.2, 0.25) is 0 Å². The molecule has 1 aromatic carbocycles. The van der Waals surface area contributed by atoms with E-state index in [0.29, 0.717) is 17.9 Å². The summed E-state index contributed by atoms with van der Waals surface area (Å²) in [6, 6.07) is 5.12. The Balaban J connectivity index is 1.48. The number of ether oxygens (including phenoxy) is 2. The minimum absolute atomic E-state index is 0.0627. The molecule has 146 valence electrons. The molecule has 0 radical (unpaired) electrons. The number of benzene rings is 1. The topological polar surface area (TPSA) is 82.2 Å². The lowest BCUT2D eigenvalue weighted by molar-refractivity contribution is -0.908. The van der Waals surface area contributed by atoms with E-state index >= 15 is 0 Å². The summed E-state index contributed by atoms with van der Waals surface area (Å²) in [5.74, 6) is 0.390. The molecule has 0 saturated carbocycles. The number of carbonyl (C=O) groups excluding carboxylic acids is 1. The third-order valence-corrected chi connectivity index (χ3v) is 4.91. The summed E-state index contributed by atoms with van der Waals surface area (Å²) in [7, 11) is 0. The predicted octanol–water partition coefficient (Wildman–Crippen LogP) is 0.210. The maximum atomic E-state index is 12.0. The molecule has 7 heteroatoms. The smallest absolute Gasteiger partial charge is 0.336 e. The summed E-state index contributed by atoms with van der Waals surface area (Å²) >= 11 is 0. The largest absolute Gasteiger partial charge is 0.483 e. The highest BCUT2D eigenvalue weighted by Gasteiger charge is 2.14. The molecule has 7 nitrogen and oxygen atoms in total. The Morgan fingerprint density at radius 1 is 1.26 bits per heavy atom. The first-order chi connectivity index (χ1) is 13.0. The molecule has 1 aromatic heterocycles. The molecule has 0 atom stereocenters. The molecule has 0 unspecified atom stereocenters. The van der Waals surface area contributed by atoms with E-state index in [2.05, 4.69) is 5.32 Å². The summed E-state index contributed by atoms with van der Waals surface area (Å²) in [6.45, 7) is 9.01. The summed E-state index contributed by atoms with van der Waals surface area (Å²) < 4.78 is 16.3. The van der Waals surface area contributed by atoms with E-state index in [4.69, 9.17) is 13.9 Å². The molecule has 1 aliphatic rings. The molecule has 1 saturated heterocycles. The van der Waals surface area contributed by atoms with Crippen LogP contribution in [0.3, 0.4) is 0 Å². The lowest BCUT2D eigenvalue weighted by Crippen LogP contribution is -3.14. The predicted molar refractivity (Wildman–Crippen MR) is 101 cm³/mol. The summed E-state index contributed by atoms with van der Waals surface area (Å²) in [4.78, 5) is 25.2. The van der Waals surface area contributed by atoms with Crippen molar-refractivity contribution in [2.45, 2.75) is 20.3 Å². The number of nitrogens with one attached hydrogen (secondary N) is 2. The van der Waals surface area contributed by atoms with Gasteiger partial charge in [-0.15, -0.1) is 0 Å². The molecule has 1 fully saturated rings. The van der Waals surface area contributed by atoms with Crippen molar-refractivity contribution < 1.29 is 23.6 Å². The van der Waals surface area contributed by atoms with Crippen LogP contribution >= 0.6 is 0 Å². The van der Waals surface area contributed by atoms with Crippen LogP contribution in [-0.4, -0.2) is 51.9 Å². The van der Waals surface area contributed by atoms with Crippen LogP contribution in [0.5, 0.6) is 5.75 Å². The molecule has 0 bridgehead atoms. The van der Waals surface area contributed by atoms with Gasteiger partial charge in [-0.3, -0.25) is 4.79 Å². The van der Waals surface area contributed by atoms with Gasteiger partial charge in [0, 0.05) is 30.0 Å². The van der Waals surface area contributed by atoms with E-state index in [1.165, 1.54) is 11.0 Å². The first-order valence-electron chi connectivity index (χ1n) is 9.39. The van der Waals surface area contributed by atoms with Gasteiger partial charge in [0.05, 0.1) is 19.8 Å². The third-order valence-electron chi connectivity index (χ3n) is 4.91. The third kappa shape index (κ3) is 5.08. The van der Waals surface area contributed by atoms with E-state index in [9.17, 15) is 9.59 Å². The molecule has 3 rings (SSSR count). The second kappa shape index (κ2) is 9.01. The van der Waals surface area contributed by atoms with Crippen molar-refractivity contribution in [3.63, 3.8) is 0 Å². The van der Waals surface area contributed by atoms with Crippen molar-refractivity contribution in [2.75, 3.05) is 46.0 Å². The Bertz CT molecular complexity index is 855. The molecule has 0 spiro atoms. The van der Waals surface area contributed by atoms with Crippen LogP contribution < -0.4 is 20.6 Å². The van der Waals surface area contributed by atoms with Crippen molar-refractivity contribution in [1.29, 1.82) is 0 Å². The lowest BCUT2D eigenvalue weighted by Gasteiger charge is -2.23. The highest BCUT2D eigenvalue weighted by atomic mass is 16.5. The quantitative estimate of drug-likeness (QED) is 0.534. The molecule has 2 aromatic rings. The van der Waals surface area contributed by atoms with Gasteiger partial charge in [0.1, 0.15) is 24.4 Å². The van der Waals surface area contributed by atoms with Gasteiger partial charge in [-0.05, 0) is 31.5 Å². The van der Waals surface area contributed by atoms with Gasteiger partial charge in [-0.2, -0.15) is 0 Å². The average Bonchev–Trinajstić information content (AvgIpc) is 2.66. The first-order valence-corrected chi connectivity index (χ1v) is 9.39. The van der Waals surface area contributed by atoms with Crippen molar-refractivity contribution in [1.82, 2.24) is 5.32 Å². The van der Waals surface area contributed by atoms with Crippen LogP contribution in [0.15, 0.2) is 27.4 Å². The number of aryl methyl sites for hydroxylation is 2. The van der Waals surface area contributed by atoms with Crippen LogP contribution in [0.4, 0.5) is 0 Å². The fourth-order valence-corrected chi connectivity index (χ4v) is 3.33. The number of hydrogen-bond acceptors (Lipinski definition) is 5. The fourth-order valence-electron chi connectivity index (χ4n) is 3.33. The summed E-state index contributed by atoms with van der Waals surface area (Å²) in [5, 5.41) is 3.76. The standard InChI is InChI=1S/C20H26N2O5/c1-14-12-19(24)27-20-15(2)17(5-4-16(14)20)26-13-18(23)21-6-3-7-22-8-10-25-11-9-22/h4-5,12H,3,6-11,13H2,1-2H3,(H,21,23)/p+1. The molecule has 2 N–H and O–H groups in total. The van der Waals surface area contributed by atoms with E-state index in [1.54, 1.807) is 6.07 Å². The number of morpholine rings is 1. The van der Waals surface area contributed by atoms with Gasteiger partial charge < -0.3 is 24.1 Å². The molecule has 1 amide bonds. The van der Waals surface area contributed by atoms with Gasteiger partial charge in [0.25, 0.3) is 5.91 Å². The van der Waals surface area contributed by atoms with Gasteiger partial charge >= 0.3 is 5.63 Å². The Morgan fingerprint density at radius 3 is 2.81 bits per heavy atom. The Labute approximate surface area is 158 Å². The highest BCUT2D eigenvalue weighted by Crippen LogP contribution is 2.27. The SMILES string of the molecule is Cc1cc(=O)oc2c(C)c(OCC(=O)NCCC[NH+]3CCOCC3)ccc12. The summed E-state index contributed by atoms with van der Waals surface area (Å²) in [5.41, 5.74) is 1.69. The minimum Gasteiger partial charge on any atom is -0.483 e. The van der Waals surface area contributed by atoms with Gasteiger partial charge in [0.15, 0.2) is 6.61 Å². The number of fused-ring (bicyclic) bond motifs is 1. The van der Waals surface area contributed by atoms with E-state index in [0.717, 1.165) is 55.8 Å². The first kappa shape index (κ1) is 19.4. The fraction of sp³-hybridized carbons (Fsp3) is 0.500. The van der Waals surface area contributed by atoms with E-state index in [-0.39, 0.29) is 18.1 Å². The monoisotopic (exact) mass is 375 g/mol. The molecule has 0 aliphatic carbocycles. The van der Waals surface area contributed by atoms with E-state index < -0.39 is 0 Å². The van der Waals surface area contributed by atoms with Crippen LogP contribution in [0.2, 0.25) is 0 Å².